The number of benzene rings is 1. The van der Waals surface area contributed by atoms with Crippen molar-refractivity contribution in [1.82, 2.24) is 10.6 Å². The van der Waals surface area contributed by atoms with Gasteiger partial charge in [0.05, 0.1) is 0 Å². The molecule has 1 aromatic rings. The van der Waals surface area contributed by atoms with Crippen molar-refractivity contribution in [3.8, 4) is 0 Å². The summed E-state index contributed by atoms with van der Waals surface area (Å²) in [7, 11) is 1.76. The molecule has 0 amide bonds. The summed E-state index contributed by atoms with van der Waals surface area (Å²) in [5.74, 6) is 2.26. The van der Waals surface area contributed by atoms with Gasteiger partial charge in [0, 0.05) is 30.6 Å². The van der Waals surface area contributed by atoms with Gasteiger partial charge in [-0.15, -0.1) is 24.0 Å². The van der Waals surface area contributed by atoms with Gasteiger partial charge in [-0.1, -0.05) is 18.2 Å². The van der Waals surface area contributed by atoms with Crippen molar-refractivity contribution in [2.75, 3.05) is 19.3 Å². The number of thioether (sulfide) groups is 1. The topological polar surface area (TPSA) is 36.4 Å². The zero-order valence-electron chi connectivity index (χ0n) is 13.1. The minimum Gasteiger partial charge on any atom is -0.356 e. The van der Waals surface area contributed by atoms with Crippen molar-refractivity contribution in [3.63, 3.8) is 0 Å². The number of guanidine groups is 1. The second kappa shape index (κ2) is 10.3. The van der Waals surface area contributed by atoms with E-state index in [1.165, 1.54) is 6.07 Å². The minimum absolute atomic E-state index is 0. The molecule has 0 aliphatic heterocycles. The molecule has 0 aliphatic rings. The van der Waals surface area contributed by atoms with E-state index in [1.54, 1.807) is 24.9 Å². The fourth-order valence-corrected chi connectivity index (χ4v) is 2.42. The van der Waals surface area contributed by atoms with E-state index in [4.69, 9.17) is 0 Å². The van der Waals surface area contributed by atoms with Gasteiger partial charge in [-0.2, -0.15) is 11.8 Å². The summed E-state index contributed by atoms with van der Waals surface area (Å²) < 4.78 is 13.4. The van der Waals surface area contributed by atoms with E-state index in [9.17, 15) is 4.39 Å². The van der Waals surface area contributed by atoms with Crippen LogP contribution in [0, 0.1) is 5.82 Å². The van der Waals surface area contributed by atoms with E-state index >= 15 is 0 Å². The quantitative estimate of drug-likeness (QED) is 0.327. The molecule has 2 N–H and O–H groups in total. The molecule has 1 rings (SSSR count). The maximum Gasteiger partial charge on any atom is 0.191 e. The highest BCUT2D eigenvalue weighted by Crippen LogP contribution is 2.14. The third-order valence-electron chi connectivity index (χ3n) is 2.47. The Morgan fingerprint density at radius 1 is 1.29 bits per heavy atom. The average molecular weight is 425 g/mol. The molecule has 0 spiro atoms. The lowest BCUT2D eigenvalue weighted by molar-refractivity contribution is 0.502. The third kappa shape index (κ3) is 9.18. The molecule has 0 saturated carbocycles. The molecule has 0 bridgehead atoms. The standard InChI is InChI=1S/C15H24FN3S.HI/c1-15(2,3)19-14(17-4)18-9-10-20-11-12-7-5-6-8-13(12)16;/h5-8H,9-11H2,1-4H3,(H2,17,18,19);1H. The van der Waals surface area contributed by atoms with Gasteiger partial charge >= 0.3 is 0 Å². The lowest BCUT2D eigenvalue weighted by atomic mass is 10.1. The fourth-order valence-electron chi connectivity index (χ4n) is 1.57. The molecule has 0 atom stereocenters. The van der Waals surface area contributed by atoms with Crippen LogP contribution in [0.4, 0.5) is 4.39 Å². The summed E-state index contributed by atoms with van der Waals surface area (Å²) in [6.45, 7) is 7.07. The Hall–Kier alpha value is -0.500. The van der Waals surface area contributed by atoms with E-state index in [2.05, 4.69) is 36.4 Å². The number of hydrogen-bond donors (Lipinski definition) is 2. The Balaban J connectivity index is 0.00000400. The number of hydrogen-bond acceptors (Lipinski definition) is 2. The average Bonchev–Trinajstić information content (AvgIpc) is 2.37. The van der Waals surface area contributed by atoms with Crippen molar-refractivity contribution < 1.29 is 4.39 Å². The molecule has 21 heavy (non-hydrogen) atoms. The molecule has 0 radical (unpaired) electrons. The summed E-state index contributed by atoms with van der Waals surface area (Å²) >= 11 is 1.71. The monoisotopic (exact) mass is 425 g/mol. The molecular formula is C15H25FIN3S. The lowest BCUT2D eigenvalue weighted by Gasteiger charge is -2.23. The van der Waals surface area contributed by atoms with Crippen LogP contribution in [-0.4, -0.2) is 30.8 Å². The molecule has 0 unspecified atom stereocenters. The van der Waals surface area contributed by atoms with Crippen molar-refractivity contribution in [2.24, 2.45) is 4.99 Å². The second-order valence-corrected chi connectivity index (χ2v) is 6.62. The van der Waals surface area contributed by atoms with Crippen LogP contribution in [0.3, 0.4) is 0 Å². The van der Waals surface area contributed by atoms with E-state index in [0.717, 1.165) is 23.8 Å². The largest absolute Gasteiger partial charge is 0.356 e. The van der Waals surface area contributed by atoms with Crippen LogP contribution in [0.15, 0.2) is 29.3 Å². The van der Waals surface area contributed by atoms with Gasteiger partial charge in [0.2, 0.25) is 0 Å². The minimum atomic E-state index is -0.127. The Kier molecular flexibility index (Phi) is 10.0. The SMILES string of the molecule is CN=C(NCCSCc1ccccc1F)NC(C)(C)C.I. The maximum absolute atomic E-state index is 13.4. The highest BCUT2D eigenvalue weighted by molar-refractivity contribution is 14.0. The number of halogens is 2. The first kappa shape index (κ1) is 20.5. The zero-order valence-corrected chi connectivity index (χ0v) is 16.2. The van der Waals surface area contributed by atoms with Gasteiger partial charge in [-0.3, -0.25) is 4.99 Å². The number of rotatable bonds is 5. The molecular weight excluding hydrogens is 400 g/mol. The van der Waals surface area contributed by atoms with E-state index < -0.39 is 0 Å². The van der Waals surface area contributed by atoms with E-state index in [-0.39, 0.29) is 35.3 Å². The van der Waals surface area contributed by atoms with Crippen LogP contribution in [-0.2, 0) is 5.75 Å². The first-order chi connectivity index (χ1) is 9.42. The Morgan fingerprint density at radius 3 is 2.52 bits per heavy atom. The molecule has 0 aliphatic carbocycles. The van der Waals surface area contributed by atoms with Gasteiger partial charge in [-0.25, -0.2) is 4.39 Å². The Bertz CT molecular complexity index is 447. The number of nitrogens with one attached hydrogen (secondary N) is 2. The molecule has 3 nitrogen and oxygen atoms in total. The molecule has 0 saturated heterocycles. The first-order valence-electron chi connectivity index (χ1n) is 6.72. The predicted octanol–water partition coefficient (Wildman–Crippen LogP) is 3.64. The maximum atomic E-state index is 13.4. The van der Waals surface area contributed by atoms with Gasteiger partial charge in [0.1, 0.15) is 5.82 Å². The van der Waals surface area contributed by atoms with Crippen LogP contribution in [0.1, 0.15) is 26.3 Å². The van der Waals surface area contributed by atoms with Gasteiger partial charge in [-0.05, 0) is 32.4 Å². The first-order valence-corrected chi connectivity index (χ1v) is 7.88. The summed E-state index contributed by atoms with van der Waals surface area (Å²) in [4.78, 5) is 4.17. The van der Waals surface area contributed by atoms with Crippen LogP contribution < -0.4 is 10.6 Å². The van der Waals surface area contributed by atoms with Crippen LogP contribution >= 0.6 is 35.7 Å². The summed E-state index contributed by atoms with van der Waals surface area (Å²) in [6, 6.07) is 6.92. The smallest absolute Gasteiger partial charge is 0.191 e. The fraction of sp³-hybridized carbons (Fsp3) is 0.533. The molecule has 6 heteroatoms. The highest BCUT2D eigenvalue weighted by Gasteiger charge is 2.11. The molecule has 120 valence electrons. The van der Waals surface area contributed by atoms with Crippen molar-refractivity contribution in [3.05, 3.63) is 35.6 Å². The lowest BCUT2D eigenvalue weighted by Crippen LogP contribution is -2.48. The summed E-state index contributed by atoms with van der Waals surface area (Å²) in [5.41, 5.74) is 0.747. The van der Waals surface area contributed by atoms with Gasteiger partial charge < -0.3 is 10.6 Å². The van der Waals surface area contributed by atoms with Crippen molar-refractivity contribution >= 4 is 41.7 Å². The third-order valence-corrected chi connectivity index (χ3v) is 3.48. The highest BCUT2D eigenvalue weighted by atomic mass is 127. The Morgan fingerprint density at radius 2 is 1.95 bits per heavy atom. The number of aliphatic imine (C=N–C) groups is 1. The molecule has 0 heterocycles. The zero-order chi connectivity index (χ0) is 15.0. The van der Waals surface area contributed by atoms with Crippen LogP contribution in [0.5, 0.6) is 0 Å². The van der Waals surface area contributed by atoms with Crippen molar-refractivity contribution in [2.45, 2.75) is 32.1 Å². The van der Waals surface area contributed by atoms with Gasteiger partial charge in [0.25, 0.3) is 0 Å². The Labute approximate surface area is 148 Å². The molecule has 0 aromatic heterocycles. The molecule has 0 fully saturated rings. The summed E-state index contributed by atoms with van der Waals surface area (Å²) in [6.07, 6.45) is 0. The van der Waals surface area contributed by atoms with E-state index in [0.29, 0.717) is 5.75 Å². The normalized spacial score (nSPS) is 11.8. The van der Waals surface area contributed by atoms with E-state index in [1.807, 2.05) is 12.1 Å². The van der Waals surface area contributed by atoms with Crippen LogP contribution in [0.25, 0.3) is 0 Å². The number of nitrogens with zero attached hydrogens (tertiary/aromatic N) is 1. The van der Waals surface area contributed by atoms with Gasteiger partial charge in [0.15, 0.2) is 5.96 Å². The van der Waals surface area contributed by atoms with Crippen molar-refractivity contribution in [1.29, 1.82) is 0 Å². The summed E-state index contributed by atoms with van der Waals surface area (Å²) in [5, 5.41) is 6.54. The molecule has 1 aromatic carbocycles. The van der Waals surface area contributed by atoms with Crippen LogP contribution in [0.2, 0.25) is 0 Å². The predicted molar refractivity (Wildman–Crippen MR) is 102 cm³/mol. The second-order valence-electron chi connectivity index (χ2n) is 5.52.